The highest BCUT2D eigenvalue weighted by Crippen LogP contribution is 2.33. The molecule has 0 bridgehead atoms. The van der Waals surface area contributed by atoms with E-state index < -0.39 is 28.3 Å². The standard InChI is InChI=1S/C25H20N6O4/c1-25(31-24(35)28(21(32)26-31)17-10-4-2-5-11-17)16-27-22(33)29(18-12-6-3-7-13-18)23(34)30(27)20-15-9-8-14-19(20)25/h2-15H,16H2,1H3,(H,26,32). The molecule has 0 radical (unpaired) electrons. The molecule has 2 aromatic heterocycles. The van der Waals surface area contributed by atoms with Crippen LogP contribution in [0, 0.1) is 0 Å². The van der Waals surface area contributed by atoms with Crippen molar-refractivity contribution in [3.05, 3.63) is 132 Å². The molecule has 35 heavy (non-hydrogen) atoms. The van der Waals surface area contributed by atoms with E-state index in [1.165, 1.54) is 14.0 Å². The van der Waals surface area contributed by atoms with Crippen LogP contribution >= 0.6 is 0 Å². The van der Waals surface area contributed by atoms with Crippen LogP contribution in [0.25, 0.3) is 17.1 Å². The minimum Gasteiger partial charge on any atom is -0.246 e. The topological polar surface area (TPSA) is 109 Å². The van der Waals surface area contributed by atoms with Crippen LogP contribution in [0.1, 0.15) is 12.5 Å². The van der Waals surface area contributed by atoms with Crippen LogP contribution in [0.3, 0.4) is 0 Å². The lowest BCUT2D eigenvalue weighted by molar-refractivity contribution is 0.248. The number of aromatic nitrogens is 6. The number of benzene rings is 3. The van der Waals surface area contributed by atoms with Crippen LogP contribution in [-0.4, -0.2) is 28.3 Å². The predicted molar refractivity (Wildman–Crippen MR) is 129 cm³/mol. The highest BCUT2D eigenvalue weighted by molar-refractivity contribution is 5.47. The number of H-pyrrole nitrogens is 1. The Kier molecular flexibility index (Phi) is 4.34. The molecule has 0 spiro atoms. The lowest BCUT2D eigenvalue weighted by atomic mass is 9.89. The van der Waals surface area contributed by atoms with Gasteiger partial charge >= 0.3 is 22.8 Å². The summed E-state index contributed by atoms with van der Waals surface area (Å²) < 4.78 is 6.02. The minimum absolute atomic E-state index is 0.0490. The van der Waals surface area contributed by atoms with Crippen molar-refractivity contribution in [2.24, 2.45) is 0 Å². The molecule has 0 saturated carbocycles. The summed E-state index contributed by atoms with van der Waals surface area (Å²) in [5, 5.41) is 2.67. The first-order valence-corrected chi connectivity index (χ1v) is 11.0. The summed E-state index contributed by atoms with van der Waals surface area (Å²) >= 11 is 0. The Morgan fingerprint density at radius 3 is 1.91 bits per heavy atom. The fraction of sp³-hybridized carbons (Fsp3) is 0.120. The molecule has 0 aliphatic carbocycles. The third-order valence-corrected chi connectivity index (χ3v) is 6.51. The average Bonchev–Trinajstić information content (AvgIpc) is 3.32. The van der Waals surface area contributed by atoms with Crippen molar-refractivity contribution in [1.82, 2.24) is 28.3 Å². The summed E-state index contributed by atoms with van der Waals surface area (Å²) in [5.74, 6) is 0. The summed E-state index contributed by atoms with van der Waals surface area (Å²) in [6.45, 7) is 1.71. The quantitative estimate of drug-likeness (QED) is 0.429. The van der Waals surface area contributed by atoms with Gasteiger partial charge in [-0.25, -0.2) is 42.8 Å². The molecule has 1 aliphatic rings. The van der Waals surface area contributed by atoms with E-state index in [4.69, 9.17) is 0 Å². The number of rotatable bonds is 3. The van der Waals surface area contributed by atoms with E-state index >= 15 is 0 Å². The Morgan fingerprint density at radius 1 is 0.686 bits per heavy atom. The van der Waals surface area contributed by atoms with E-state index in [-0.39, 0.29) is 6.54 Å². The van der Waals surface area contributed by atoms with Crippen molar-refractivity contribution in [2.45, 2.75) is 19.0 Å². The SMILES string of the molecule is CC1(n2[nH]c(=O)n(-c3ccccc3)c2=O)Cn2c(=O)n(-c3ccccc3)c(=O)n2-c2ccccc21. The molecule has 1 atom stereocenters. The molecule has 1 aliphatic heterocycles. The van der Waals surface area contributed by atoms with Gasteiger partial charge in [-0.1, -0.05) is 54.6 Å². The van der Waals surface area contributed by atoms with E-state index in [9.17, 15) is 19.2 Å². The van der Waals surface area contributed by atoms with Crippen molar-refractivity contribution in [1.29, 1.82) is 0 Å². The summed E-state index contributed by atoms with van der Waals surface area (Å²) in [5.41, 5.74) is -1.45. The van der Waals surface area contributed by atoms with Crippen LogP contribution in [0.4, 0.5) is 0 Å². The second-order valence-corrected chi connectivity index (χ2v) is 8.60. The largest absolute Gasteiger partial charge is 0.356 e. The first-order valence-electron chi connectivity index (χ1n) is 11.0. The van der Waals surface area contributed by atoms with Gasteiger partial charge in [-0.2, -0.15) is 4.68 Å². The van der Waals surface area contributed by atoms with E-state index in [2.05, 4.69) is 5.10 Å². The highest BCUT2D eigenvalue weighted by atomic mass is 16.2. The molecule has 174 valence electrons. The van der Waals surface area contributed by atoms with E-state index in [1.54, 1.807) is 91.9 Å². The van der Waals surface area contributed by atoms with Crippen molar-refractivity contribution in [3.63, 3.8) is 0 Å². The number of aromatic amines is 1. The Morgan fingerprint density at radius 2 is 1.26 bits per heavy atom. The van der Waals surface area contributed by atoms with Crippen molar-refractivity contribution >= 4 is 0 Å². The molecule has 6 rings (SSSR count). The third kappa shape index (κ3) is 2.83. The van der Waals surface area contributed by atoms with Crippen LogP contribution in [0.15, 0.2) is 104 Å². The van der Waals surface area contributed by atoms with Crippen LogP contribution < -0.4 is 22.8 Å². The van der Waals surface area contributed by atoms with Gasteiger partial charge in [-0.3, -0.25) is 0 Å². The summed E-state index contributed by atoms with van der Waals surface area (Å²) in [6, 6.07) is 24.3. The van der Waals surface area contributed by atoms with Gasteiger partial charge in [0, 0.05) is 5.56 Å². The molecule has 5 aromatic rings. The monoisotopic (exact) mass is 468 g/mol. The lowest BCUT2D eigenvalue weighted by Gasteiger charge is -2.36. The molecular weight excluding hydrogens is 448 g/mol. The molecule has 10 heteroatoms. The van der Waals surface area contributed by atoms with E-state index in [0.29, 0.717) is 22.6 Å². The maximum absolute atomic E-state index is 13.5. The molecule has 3 heterocycles. The minimum atomic E-state index is -1.16. The first-order chi connectivity index (χ1) is 16.9. The number of para-hydroxylation sites is 3. The van der Waals surface area contributed by atoms with Crippen molar-refractivity contribution in [2.75, 3.05) is 0 Å². The number of fused-ring (bicyclic) bond motifs is 3. The van der Waals surface area contributed by atoms with Gasteiger partial charge in [0.15, 0.2) is 0 Å². The van der Waals surface area contributed by atoms with E-state index in [0.717, 1.165) is 9.13 Å². The van der Waals surface area contributed by atoms with Gasteiger partial charge in [-0.15, -0.1) is 0 Å². The van der Waals surface area contributed by atoms with Gasteiger partial charge in [0.2, 0.25) is 0 Å². The Hall–Kier alpha value is -4.86. The van der Waals surface area contributed by atoms with Gasteiger partial charge < -0.3 is 0 Å². The zero-order valence-electron chi connectivity index (χ0n) is 18.7. The molecule has 0 saturated heterocycles. The maximum atomic E-state index is 13.5. The molecule has 1 unspecified atom stereocenters. The van der Waals surface area contributed by atoms with E-state index in [1.807, 2.05) is 0 Å². The molecule has 0 fully saturated rings. The predicted octanol–water partition coefficient (Wildman–Crippen LogP) is 1.21. The third-order valence-electron chi connectivity index (χ3n) is 6.51. The lowest BCUT2D eigenvalue weighted by Crippen LogP contribution is -2.50. The van der Waals surface area contributed by atoms with Gasteiger partial charge in [0.25, 0.3) is 0 Å². The fourth-order valence-corrected chi connectivity index (χ4v) is 4.85. The second-order valence-electron chi connectivity index (χ2n) is 8.60. The number of nitrogens with zero attached hydrogens (tertiary/aromatic N) is 5. The average molecular weight is 468 g/mol. The number of hydrogen-bond acceptors (Lipinski definition) is 4. The zero-order chi connectivity index (χ0) is 24.3. The highest BCUT2D eigenvalue weighted by Gasteiger charge is 2.41. The normalized spacial score (nSPS) is 16.6. The molecule has 10 nitrogen and oxygen atoms in total. The maximum Gasteiger partial charge on any atom is 0.356 e. The number of nitrogens with one attached hydrogen (secondary N) is 1. The first kappa shape index (κ1) is 20.7. The Bertz CT molecular complexity index is 1820. The van der Waals surface area contributed by atoms with Crippen LogP contribution in [0.2, 0.25) is 0 Å². The van der Waals surface area contributed by atoms with Crippen molar-refractivity contribution in [3.8, 4) is 17.1 Å². The number of hydrogen-bond donors (Lipinski definition) is 1. The van der Waals surface area contributed by atoms with Gasteiger partial charge in [0.1, 0.15) is 5.54 Å². The molecule has 0 amide bonds. The molecule has 1 N–H and O–H groups in total. The molecular formula is C25H20N6O4. The fourth-order valence-electron chi connectivity index (χ4n) is 4.85. The van der Waals surface area contributed by atoms with Crippen LogP contribution in [-0.2, 0) is 12.1 Å². The summed E-state index contributed by atoms with van der Waals surface area (Å²) in [6.07, 6.45) is 0. The smallest absolute Gasteiger partial charge is 0.246 e. The van der Waals surface area contributed by atoms with Gasteiger partial charge in [-0.05, 0) is 37.3 Å². The summed E-state index contributed by atoms with van der Waals surface area (Å²) in [4.78, 5) is 53.3. The molecule has 3 aromatic carbocycles. The second kappa shape index (κ2) is 7.32. The van der Waals surface area contributed by atoms with Gasteiger partial charge in [0.05, 0.1) is 23.6 Å². The van der Waals surface area contributed by atoms with Crippen LogP contribution in [0.5, 0.6) is 0 Å². The summed E-state index contributed by atoms with van der Waals surface area (Å²) in [7, 11) is 0. The Balaban J connectivity index is 1.63. The Labute approximate surface area is 197 Å². The zero-order valence-corrected chi connectivity index (χ0v) is 18.7. The van der Waals surface area contributed by atoms with Crippen molar-refractivity contribution < 1.29 is 0 Å².